The van der Waals surface area contributed by atoms with Crippen LogP contribution in [-0.2, 0) is 0 Å². The van der Waals surface area contributed by atoms with Gasteiger partial charge in [-0.2, -0.15) is 0 Å². The molecule has 1 nitrogen and oxygen atoms in total. The van der Waals surface area contributed by atoms with Crippen molar-refractivity contribution in [2.45, 2.75) is 51.0 Å². The van der Waals surface area contributed by atoms with Gasteiger partial charge in [0.2, 0.25) is 0 Å². The summed E-state index contributed by atoms with van der Waals surface area (Å²) in [6.07, 6.45) is 7.80. The summed E-state index contributed by atoms with van der Waals surface area (Å²) >= 11 is 0. The van der Waals surface area contributed by atoms with Gasteiger partial charge in [-0.05, 0) is 55.8 Å². The Balaban J connectivity index is 1.73. The Kier molecular flexibility index (Phi) is 1.59. The topological polar surface area (TPSA) is 20.2 Å². The van der Waals surface area contributed by atoms with Crippen LogP contribution in [0.4, 0.5) is 0 Å². The standard InChI is InChI=1S/C12H20O/c1-8-6-12(13,7-8)11-5-9-2-3-10(11)4-9/h8-11,13H,2-7H2,1H3. The Bertz CT molecular complexity index is 217. The minimum atomic E-state index is -0.223. The number of hydrogen-bond donors (Lipinski definition) is 1. The highest BCUT2D eigenvalue weighted by Gasteiger charge is 2.54. The van der Waals surface area contributed by atoms with Crippen LogP contribution in [0.15, 0.2) is 0 Å². The van der Waals surface area contributed by atoms with Crippen LogP contribution in [0.5, 0.6) is 0 Å². The number of fused-ring (bicyclic) bond motifs is 2. The van der Waals surface area contributed by atoms with E-state index in [2.05, 4.69) is 6.92 Å². The van der Waals surface area contributed by atoms with E-state index >= 15 is 0 Å². The molecule has 0 aromatic carbocycles. The lowest BCUT2D eigenvalue weighted by Crippen LogP contribution is -2.50. The van der Waals surface area contributed by atoms with Crippen molar-refractivity contribution in [2.24, 2.45) is 23.7 Å². The molecule has 3 unspecified atom stereocenters. The minimum Gasteiger partial charge on any atom is -0.390 e. The van der Waals surface area contributed by atoms with E-state index in [0.717, 1.165) is 30.6 Å². The van der Waals surface area contributed by atoms with E-state index in [4.69, 9.17) is 0 Å². The molecular formula is C12H20O. The first-order chi connectivity index (χ1) is 6.17. The Hall–Kier alpha value is -0.0400. The third-order valence-corrected chi connectivity index (χ3v) is 4.83. The van der Waals surface area contributed by atoms with Crippen molar-refractivity contribution in [1.82, 2.24) is 0 Å². The summed E-state index contributed by atoms with van der Waals surface area (Å²) < 4.78 is 0. The van der Waals surface area contributed by atoms with E-state index < -0.39 is 0 Å². The smallest absolute Gasteiger partial charge is 0.0683 e. The van der Waals surface area contributed by atoms with Crippen LogP contribution in [0.2, 0.25) is 0 Å². The van der Waals surface area contributed by atoms with Crippen LogP contribution in [0.25, 0.3) is 0 Å². The summed E-state index contributed by atoms with van der Waals surface area (Å²) in [5.74, 6) is 3.34. The van der Waals surface area contributed by atoms with Gasteiger partial charge in [-0.3, -0.25) is 0 Å². The molecule has 0 amide bonds. The Morgan fingerprint density at radius 3 is 2.38 bits per heavy atom. The molecule has 3 atom stereocenters. The highest BCUT2D eigenvalue weighted by molar-refractivity contribution is 5.05. The first kappa shape index (κ1) is 8.28. The highest BCUT2D eigenvalue weighted by atomic mass is 16.3. The lowest BCUT2D eigenvalue weighted by atomic mass is 9.61. The predicted octanol–water partition coefficient (Wildman–Crippen LogP) is 2.58. The van der Waals surface area contributed by atoms with Gasteiger partial charge >= 0.3 is 0 Å². The van der Waals surface area contributed by atoms with Gasteiger partial charge in [-0.25, -0.2) is 0 Å². The molecule has 0 saturated heterocycles. The van der Waals surface area contributed by atoms with Crippen molar-refractivity contribution in [3.8, 4) is 0 Å². The zero-order valence-corrected chi connectivity index (χ0v) is 8.50. The first-order valence-corrected chi connectivity index (χ1v) is 5.90. The molecule has 0 spiro atoms. The monoisotopic (exact) mass is 180 g/mol. The van der Waals surface area contributed by atoms with Crippen LogP contribution < -0.4 is 0 Å². The van der Waals surface area contributed by atoms with Gasteiger partial charge in [0.15, 0.2) is 0 Å². The average Bonchev–Trinajstić information content (AvgIpc) is 2.60. The molecule has 2 bridgehead atoms. The van der Waals surface area contributed by atoms with Crippen molar-refractivity contribution in [2.75, 3.05) is 0 Å². The number of rotatable bonds is 1. The molecule has 3 fully saturated rings. The predicted molar refractivity (Wildman–Crippen MR) is 52.3 cm³/mol. The summed E-state index contributed by atoms with van der Waals surface area (Å²) in [5.41, 5.74) is -0.223. The summed E-state index contributed by atoms with van der Waals surface area (Å²) in [4.78, 5) is 0. The van der Waals surface area contributed by atoms with Crippen LogP contribution in [0.3, 0.4) is 0 Å². The van der Waals surface area contributed by atoms with Crippen LogP contribution in [0, 0.1) is 23.7 Å². The molecule has 3 aliphatic carbocycles. The summed E-state index contributed by atoms with van der Waals surface area (Å²) in [6, 6.07) is 0. The fourth-order valence-electron chi connectivity index (χ4n) is 4.35. The van der Waals surface area contributed by atoms with E-state index in [1.165, 1.54) is 25.7 Å². The maximum Gasteiger partial charge on any atom is 0.0683 e. The molecule has 0 aliphatic heterocycles. The molecule has 0 heterocycles. The van der Waals surface area contributed by atoms with Gasteiger partial charge in [-0.15, -0.1) is 0 Å². The zero-order valence-electron chi connectivity index (χ0n) is 8.50. The van der Waals surface area contributed by atoms with E-state index in [0.29, 0.717) is 5.92 Å². The fourth-order valence-corrected chi connectivity index (χ4v) is 4.35. The third kappa shape index (κ3) is 1.09. The Morgan fingerprint density at radius 1 is 1.15 bits per heavy atom. The molecule has 1 N–H and O–H groups in total. The molecule has 13 heavy (non-hydrogen) atoms. The van der Waals surface area contributed by atoms with Crippen molar-refractivity contribution in [3.05, 3.63) is 0 Å². The van der Waals surface area contributed by atoms with Crippen LogP contribution in [-0.4, -0.2) is 10.7 Å². The minimum absolute atomic E-state index is 0.223. The summed E-state index contributed by atoms with van der Waals surface area (Å²) in [6.45, 7) is 2.27. The number of hydrogen-bond acceptors (Lipinski definition) is 1. The Labute approximate surface area is 80.5 Å². The summed E-state index contributed by atoms with van der Waals surface area (Å²) in [5, 5.41) is 10.4. The Morgan fingerprint density at radius 2 is 1.92 bits per heavy atom. The zero-order chi connectivity index (χ0) is 9.05. The van der Waals surface area contributed by atoms with Crippen molar-refractivity contribution >= 4 is 0 Å². The van der Waals surface area contributed by atoms with E-state index in [-0.39, 0.29) is 5.60 Å². The van der Waals surface area contributed by atoms with Gasteiger partial charge in [0.25, 0.3) is 0 Å². The van der Waals surface area contributed by atoms with Gasteiger partial charge in [0, 0.05) is 0 Å². The van der Waals surface area contributed by atoms with Crippen molar-refractivity contribution < 1.29 is 5.11 Å². The number of aliphatic hydroxyl groups is 1. The second kappa shape index (κ2) is 2.50. The maximum absolute atomic E-state index is 10.4. The molecule has 0 aromatic rings. The average molecular weight is 180 g/mol. The largest absolute Gasteiger partial charge is 0.390 e. The van der Waals surface area contributed by atoms with Gasteiger partial charge < -0.3 is 5.11 Å². The quantitative estimate of drug-likeness (QED) is 0.657. The second-order valence-electron chi connectivity index (χ2n) is 5.90. The molecule has 0 radical (unpaired) electrons. The van der Waals surface area contributed by atoms with Crippen molar-refractivity contribution in [1.29, 1.82) is 0 Å². The fraction of sp³-hybridized carbons (Fsp3) is 1.00. The van der Waals surface area contributed by atoms with E-state index in [9.17, 15) is 5.11 Å². The first-order valence-electron chi connectivity index (χ1n) is 5.90. The molecule has 3 aliphatic rings. The van der Waals surface area contributed by atoms with Gasteiger partial charge in [0.05, 0.1) is 5.60 Å². The lowest BCUT2D eigenvalue weighted by Gasteiger charge is -2.49. The molecule has 3 saturated carbocycles. The van der Waals surface area contributed by atoms with Crippen LogP contribution >= 0.6 is 0 Å². The van der Waals surface area contributed by atoms with E-state index in [1.54, 1.807) is 0 Å². The molecule has 3 rings (SSSR count). The van der Waals surface area contributed by atoms with Gasteiger partial charge in [-0.1, -0.05) is 13.3 Å². The van der Waals surface area contributed by atoms with Gasteiger partial charge in [0.1, 0.15) is 0 Å². The van der Waals surface area contributed by atoms with E-state index in [1.807, 2.05) is 0 Å². The molecular weight excluding hydrogens is 160 g/mol. The van der Waals surface area contributed by atoms with Crippen LogP contribution in [0.1, 0.15) is 45.4 Å². The second-order valence-corrected chi connectivity index (χ2v) is 5.90. The normalized spacial score (nSPS) is 59.5. The molecule has 1 heteroatoms. The highest BCUT2D eigenvalue weighted by Crippen LogP contribution is 2.57. The summed E-state index contributed by atoms with van der Waals surface area (Å²) in [7, 11) is 0. The molecule has 0 aromatic heterocycles. The van der Waals surface area contributed by atoms with Crippen molar-refractivity contribution in [3.63, 3.8) is 0 Å². The maximum atomic E-state index is 10.4. The lowest BCUT2D eigenvalue weighted by molar-refractivity contribution is -0.127. The molecule has 74 valence electrons. The SMILES string of the molecule is CC1CC(O)(C2CC3CCC2C3)C1. The third-order valence-electron chi connectivity index (χ3n) is 4.83.